The summed E-state index contributed by atoms with van der Waals surface area (Å²) in [5, 5.41) is 34.4. The number of carboxylic acids is 2. The van der Waals surface area contributed by atoms with Gasteiger partial charge in [0, 0.05) is 19.6 Å². The van der Waals surface area contributed by atoms with Crippen molar-refractivity contribution in [3.63, 3.8) is 0 Å². The fourth-order valence-corrected chi connectivity index (χ4v) is 4.21. The second-order valence-corrected chi connectivity index (χ2v) is 9.60. The van der Waals surface area contributed by atoms with Gasteiger partial charge in [-0.15, -0.1) is 0 Å². The van der Waals surface area contributed by atoms with Crippen LogP contribution in [-0.4, -0.2) is 69.7 Å². The molecular formula is C29H34N2O7. The van der Waals surface area contributed by atoms with Gasteiger partial charge in [0.25, 0.3) is 5.79 Å². The van der Waals surface area contributed by atoms with Crippen LogP contribution in [0.4, 0.5) is 4.79 Å². The van der Waals surface area contributed by atoms with Crippen LogP contribution in [0.3, 0.4) is 0 Å². The smallest absolute Gasteiger partial charge is 0.366 e. The van der Waals surface area contributed by atoms with Crippen molar-refractivity contribution in [1.29, 1.82) is 0 Å². The Balaban J connectivity index is 1.74. The molecule has 0 aromatic heterocycles. The van der Waals surface area contributed by atoms with Crippen molar-refractivity contribution < 1.29 is 34.4 Å². The van der Waals surface area contributed by atoms with Crippen molar-refractivity contribution in [3.05, 3.63) is 72.3 Å². The monoisotopic (exact) mass is 522 g/mol. The number of carboxylic acid groups (broad SMARTS) is 2. The number of hydrogen-bond acceptors (Lipinski definition) is 5. The SMILES string of the molecule is CCOC(O)(CN(CC(C)C)C(=O)N[C@@H](Cc1ccc(-c2ccc3ccccc3c2)cc1)C(=O)O)C(=O)O. The molecule has 2 atom stereocenters. The van der Waals surface area contributed by atoms with Crippen LogP contribution in [0.25, 0.3) is 21.9 Å². The fourth-order valence-electron chi connectivity index (χ4n) is 4.21. The topological polar surface area (TPSA) is 136 Å². The summed E-state index contributed by atoms with van der Waals surface area (Å²) in [7, 11) is 0. The van der Waals surface area contributed by atoms with Gasteiger partial charge in [-0.05, 0) is 46.4 Å². The largest absolute Gasteiger partial charge is 0.480 e. The molecule has 38 heavy (non-hydrogen) atoms. The number of fused-ring (bicyclic) bond motifs is 1. The molecule has 0 bridgehead atoms. The van der Waals surface area contributed by atoms with E-state index in [1.807, 2.05) is 68.4 Å². The Bertz CT molecular complexity index is 1280. The number of ether oxygens (including phenoxy) is 1. The maximum Gasteiger partial charge on any atom is 0.366 e. The summed E-state index contributed by atoms with van der Waals surface area (Å²) >= 11 is 0. The standard InChI is InChI=1S/C29H34N2O7/c1-4-38-29(37,27(34)35)18-31(17-19(2)3)28(36)30-25(26(32)33)15-20-9-11-22(12-10-20)24-14-13-21-7-5-6-8-23(21)16-24/h5-14,16,19,25,37H,4,15,17-18H2,1-3H3,(H,30,36)(H,32,33)(H,34,35)/t25-,29?/m0/s1. The van der Waals surface area contributed by atoms with Crippen LogP contribution in [0.2, 0.25) is 0 Å². The average Bonchev–Trinajstić information content (AvgIpc) is 2.87. The molecule has 3 aromatic carbocycles. The van der Waals surface area contributed by atoms with Crippen LogP contribution in [0.15, 0.2) is 66.7 Å². The molecule has 0 spiro atoms. The van der Waals surface area contributed by atoms with E-state index < -0.39 is 36.3 Å². The Morgan fingerprint density at radius 3 is 2.16 bits per heavy atom. The zero-order valence-corrected chi connectivity index (χ0v) is 21.8. The van der Waals surface area contributed by atoms with Gasteiger partial charge in [0.2, 0.25) is 0 Å². The summed E-state index contributed by atoms with van der Waals surface area (Å²) in [6, 6.07) is 19.6. The molecule has 9 nitrogen and oxygen atoms in total. The van der Waals surface area contributed by atoms with Crippen molar-refractivity contribution >= 4 is 28.7 Å². The summed E-state index contributed by atoms with van der Waals surface area (Å²) in [6.07, 6.45) is 0.0171. The summed E-state index contributed by atoms with van der Waals surface area (Å²) in [4.78, 5) is 37.7. The van der Waals surface area contributed by atoms with E-state index in [-0.39, 0.29) is 25.5 Å². The van der Waals surface area contributed by atoms with Gasteiger partial charge in [-0.1, -0.05) is 74.5 Å². The molecule has 0 fully saturated rings. The zero-order valence-electron chi connectivity index (χ0n) is 21.8. The number of carbonyl (C=O) groups excluding carboxylic acids is 1. The lowest BCUT2D eigenvalue weighted by Gasteiger charge is -2.32. The van der Waals surface area contributed by atoms with Crippen LogP contribution >= 0.6 is 0 Å². The van der Waals surface area contributed by atoms with Gasteiger partial charge in [0.1, 0.15) is 6.04 Å². The van der Waals surface area contributed by atoms with E-state index in [1.165, 1.54) is 6.92 Å². The number of benzene rings is 3. The summed E-state index contributed by atoms with van der Waals surface area (Å²) in [6.45, 7) is 4.48. The lowest BCUT2D eigenvalue weighted by Crippen LogP contribution is -2.57. The number of urea groups is 1. The quantitative estimate of drug-likeness (QED) is 0.264. The van der Waals surface area contributed by atoms with E-state index in [9.17, 15) is 29.7 Å². The van der Waals surface area contributed by atoms with Crippen LogP contribution in [0.1, 0.15) is 26.3 Å². The Labute approximate surface area is 221 Å². The van der Waals surface area contributed by atoms with E-state index in [0.717, 1.165) is 26.8 Å². The minimum Gasteiger partial charge on any atom is -0.480 e. The first kappa shape index (κ1) is 28.6. The van der Waals surface area contributed by atoms with Crippen LogP contribution in [0.5, 0.6) is 0 Å². The van der Waals surface area contributed by atoms with Gasteiger partial charge in [-0.3, -0.25) is 0 Å². The number of hydrogen-bond donors (Lipinski definition) is 4. The van der Waals surface area contributed by atoms with Crippen molar-refractivity contribution in [2.75, 3.05) is 19.7 Å². The lowest BCUT2D eigenvalue weighted by atomic mass is 9.98. The van der Waals surface area contributed by atoms with Crippen molar-refractivity contribution in [2.24, 2.45) is 5.92 Å². The lowest BCUT2D eigenvalue weighted by molar-refractivity contribution is -0.225. The first-order valence-corrected chi connectivity index (χ1v) is 12.5. The number of amides is 2. The van der Waals surface area contributed by atoms with Crippen molar-refractivity contribution in [3.8, 4) is 11.1 Å². The molecule has 3 rings (SSSR count). The van der Waals surface area contributed by atoms with Crippen molar-refractivity contribution in [1.82, 2.24) is 10.2 Å². The summed E-state index contributed by atoms with van der Waals surface area (Å²) in [5.41, 5.74) is 2.71. The second-order valence-electron chi connectivity index (χ2n) is 9.60. The predicted octanol–water partition coefficient (Wildman–Crippen LogP) is 3.98. The molecule has 0 aliphatic heterocycles. The van der Waals surface area contributed by atoms with E-state index in [1.54, 1.807) is 0 Å². The van der Waals surface area contributed by atoms with E-state index >= 15 is 0 Å². The van der Waals surface area contributed by atoms with Gasteiger partial charge in [-0.2, -0.15) is 0 Å². The maximum absolute atomic E-state index is 13.0. The Morgan fingerprint density at radius 1 is 0.947 bits per heavy atom. The maximum atomic E-state index is 13.0. The molecule has 4 N–H and O–H groups in total. The molecule has 2 amide bonds. The number of nitrogens with zero attached hydrogens (tertiary/aromatic N) is 1. The van der Waals surface area contributed by atoms with Crippen LogP contribution < -0.4 is 5.32 Å². The Hall–Kier alpha value is -3.95. The Morgan fingerprint density at radius 2 is 1.58 bits per heavy atom. The average molecular weight is 523 g/mol. The normalized spacial score (nSPS) is 13.6. The molecule has 1 unspecified atom stereocenters. The molecule has 202 valence electrons. The number of carbonyl (C=O) groups is 3. The highest BCUT2D eigenvalue weighted by Crippen LogP contribution is 2.25. The highest BCUT2D eigenvalue weighted by molar-refractivity contribution is 5.87. The molecule has 0 radical (unpaired) electrons. The highest BCUT2D eigenvalue weighted by Gasteiger charge is 2.41. The van der Waals surface area contributed by atoms with E-state index in [2.05, 4.69) is 17.4 Å². The molecule has 9 heteroatoms. The first-order chi connectivity index (χ1) is 18.0. The fraction of sp³-hybridized carbons (Fsp3) is 0.345. The molecule has 3 aromatic rings. The zero-order chi connectivity index (χ0) is 27.9. The van der Waals surface area contributed by atoms with Gasteiger partial charge in [0.05, 0.1) is 6.54 Å². The number of rotatable bonds is 12. The third-order valence-electron chi connectivity index (χ3n) is 6.07. The third kappa shape index (κ3) is 7.30. The number of nitrogens with one attached hydrogen (secondary N) is 1. The van der Waals surface area contributed by atoms with Gasteiger partial charge in [0.15, 0.2) is 0 Å². The summed E-state index contributed by atoms with van der Waals surface area (Å²) in [5.74, 6) is -5.56. The van der Waals surface area contributed by atoms with E-state index in [0.29, 0.717) is 5.56 Å². The highest BCUT2D eigenvalue weighted by atomic mass is 16.6. The van der Waals surface area contributed by atoms with Crippen LogP contribution in [-0.2, 0) is 20.7 Å². The Kier molecular flexibility index (Phi) is 9.44. The van der Waals surface area contributed by atoms with Gasteiger partial charge < -0.3 is 30.3 Å². The predicted molar refractivity (Wildman–Crippen MR) is 144 cm³/mol. The minimum atomic E-state index is -2.61. The molecule has 0 aliphatic rings. The summed E-state index contributed by atoms with van der Waals surface area (Å²) < 4.78 is 4.99. The number of aliphatic carboxylic acids is 2. The molecule has 0 saturated heterocycles. The van der Waals surface area contributed by atoms with Crippen molar-refractivity contribution in [2.45, 2.75) is 39.0 Å². The number of aliphatic hydroxyl groups is 1. The molecule has 0 heterocycles. The second kappa shape index (κ2) is 12.5. The minimum absolute atomic E-state index is 0.0171. The van der Waals surface area contributed by atoms with Crippen LogP contribution in [0, 0.1) is 5.92 Å². The molecule has 0 aliphatic carbocycles. The third-order valence-corrected chi connectivity index (χ3v) is 6.07. The van der Waals surface area contributed by atoms with E-state index in [4.69, 9.17) is 4.74 Å². The van der Waals surface area contributed by atoms with Gasteiger partial charge >= 0.3 is 18.0 Å². The molecular weight excluding hydrogens is 488 g/mol. The molecule has 0 saturated carbocycles. The van der Waals surface area contributed by atoms with Gasteiger partial charge in [-0.25, -0.2) is 14.4 Å². The first-order valence-electron chi connectivity index (χ1n) is 12.5.